The second kappa shape index (κ2) is 6.77. The van der Waals surface area contributed by atoms with Gasteiger partial charge in [0.15, 0.2) is 0 Å². The van der Waals surface area contributed by atoms with Crippen molar-refractivity contribution in [1.82, 2.24) is 0 Å². The third kappa shape index (κ3) is 3.83. The first-order valence-corrected chi connectivity index (χ1v) is 6.96. The van der Waals surface area contributed by atoms with Gasteiger partial charge in [-0.2, -0.15) is 5.26 Å². The van der Waals surface area contributed by atoms with Crippen LogP contribution in [-0.2, 0) is 21.3 Å². The Bertz CT molecular complexity index is 466. The average Bonchev–Trinajstić information content (AvgIpc) is 2.32. The van der Waals surface area contributed by atoms with E-state index in [0.717, 1.165) is 15.6 Å². The number of ether oxygens (including phenoxy) is 1. The number of nitriles is 1. The highest BCUT2D eigenvalue weighted by Gasteiger charge is 2.12. The number of benzene rings is 1. The van der Waals surface area contributed by atoms with Gasteiger partial charge in [-0.3, -0.25) is 4.79 Å². The van der Waals surface area contributed by atoms with Gasteiger partial charge in [0.25, 0.3) is 0 Å². The average molecular weight is 361 g/mol. The van der Waals surface area contributed by atoms with Crippen LogP contribution >= 0.6 is 31.9 Å². The smallest absolute Gasteiger partial charge is 0.310 e. The lowest BCUT2D eigenvalue weighted by molar-refractivity contribution is -0.142. The SMILES string of the molecule is CCOC(=O)Cc1cc(C#N)cc(CBr)c1Br. The maximum Gasteiger partial charge on any atom is 0.310 e. The molecule has 1 rings (SSSR count). The minimum Gasteiger partial charge on any atom is -0.466 e. The summed E-state index contributed by atoms with van der Waals surface area (Å²) in [6.45, 7) is 2.13. The fraction of sp³-hybridized carbons (Fsp3) is 0.333. The third-order valence-corrected chi connectivity index (χ3v) is 3.76. The number of nitrogens with zero attached hydrogens (tertiary/aromatic N) is 1. The zero-order valence-corrected chi connectivity index (χ0v) is 12.5. The first-order valence-electron chi connectivity index (χ1n) is 5.05. The molecule has 0 unspecified atom stereocenters. The number of rotatable bonds is 4. The fourth-order valence-electron chi connectivity index (χ4n) is 1.41. The molecule has 17 heavy (non-hydrogen) atoms. The minimum absolute atomic E-state index is 0.171. The van der Waals surface area contributed by atoms with Crippen LogP contribution in [0.1, 0.15) is 23.6 Å². The predicted molar refractivity (Wildman–Crippen MR) is 71.8 cm³/mol. The summed E-state index contributed by atoms with van der Waals surface area (Å²) in [6.07, 6.45) is 0.171. The number of carbonyl (C=O) groups excluding carboxylic acids is 1. The molecule has 0 amide bonds. The lowest BCUT2D eigenvalue weighted by atomic mass is 10.0. The van der Waals surface area contributed by atoms with E-state index in [1.165, 1.54) is 0 Å². The van der Waals surface area contributed by atoms with Crippen LogP contribution < -0.4 is 0 Å². The summed E-state index contributed by atoms with van der Waals surface area (Å²) in [7, 11) is 0. The van der Waals surface area contributed by atoms with Gasteiger partial charge in [0.05, 0.1) is 24.7 Å². The molecule has 0 aliphatic carbocycles. The summed E-state index contributed by atoms with van der Waals surface area (Å²) in [5.74, 6) is -0.288. The molecule has 0 radical (unpaired) electrons. The number of carbonyl (C=O) groups is 1. The molecule has 0 bridgehead atoms. The fourth-order valence-corrected chi connectivity index (χ4v) is 2.74. The summed E-state index contributed by atoms with van der Waals surface area (Å²) < 4.78 is 5.74. The molecule has 0 fully saturated rings. The molecular weight excluding hydrogens is 350 g/mol. The van der Waals surface area contributed by atoms with E-state index in [9.17, 15) is 4.79 Å². The number of hydrogen-bond donors (Lipinski definition) is 0. The largest absolute Gasteiger partial charge is 0.466 e. The zero-order chi connectivity index (χ0) is 12.8. The number of halogens is 2. The number of esters is 1. The van der Waals surface area contributed by atoms with Crippen molar-refractivity contribution in [3.8, 4) is 6.07 Å². The normalized spacial score (nSPS) is 9.76. The van der Waals surface area contributed by atoms with Crippen molar-refractivity contribution in [3.63, 3.8) is 0 Å². The van der Waals surface area contributed by atoms with Crippen LogP contribution in [0, 0.1) is 11.3 Å². The molecule has 0 saturated carbocycles. The van der Waals surface area contributed by atoms with Gasteiger partial charge in [0.1, 0.15) is 0 Å². The predicted octanol–water partition coefficient (Wildman–Crippen LogP) is 3.32. The van der Waals surface area contributed by atoms with Crippen LogP contribution in [-0.4, -0.2) is 12.6 Å². The van der Waals surface area contributed by atoms with Gasteiger partial charge in [0.2, 0.25) is 0 Å². The molecule has 0 atom stereocenters. The van der Waals surface area contributed by atoms with Gasteiger partial charge in [-0.1, -0.05) is 31.9 Å². The van der Waals surface area contributed by atoms with Crippen LogP contribution in [0.25, 0.3) is 0 Å². The second-order valence-corrected chi connectivity index (χ2v) is 4.69. The Morgan fingerprint density at radius 1 is 1.47 bits per heavy atom. The van der Waals surface area contributed by atoms with Crippen molar-refractivity contribution < 1.29 is 9.53 Å². The van der Waals surface area contributed by atoms with Crippen molar-refractivity contribution in [2.24, 2.45) is 0 Å². The molecule has 0 spiro atoms. The Labute approximate surface area is 117 Å². The highest BCUT2D eigenvalue weighted by atomic mass is 79.9. The summed E-state index contributed by atoms with van der Waals surface area (Å²) >= 11 is 6.78. The Morgan fingerprint density at radius 2 is 2.12 bits per heavy atom. The van der Waals surface area contributed by atoms with E-state index in [-0.39, 0.29) is 12.4 Å². The lowest BCUT2D eigenvalue weighted by Gasteiger charge is -2.09. The van der Waals surface area contributed by atoms with Gasteiger partial charge in [-0.15, -0.1) is 0 Å². The van der Waals surface area contributed by atoms with Crippen LogP contribution in [0.5, 0.6) is 0 Å². The van der Waals surface area contributed by atoms with Crippen LogP contribution in [0.2, 0.25) is 0 Å². The molecule has 1 aromatic rings. The van der Waals surface area contributed by atoms with E-state index in [0.29, 0.717) is 17.5 Å². The highest BCUT2D eigenvalue weighted by molar-refractivity contribution is 9.10. The molecule has 0 N–H and O–H groups in total. The summed E-state index contributed by atoms with van der Waals surface area (Å²) in [4.78, 5) is 11.4. The first-order chi connectivity index (χ1) is 8.12. The molecule has 5 heteroatoms. The number of alkyl halides is 1. The van der Waals surface area contributed by atoms with Gasteiger partial charge < -0.3 is 4.74 Å². The van der Waals surface area contributed by atoms with Gasteiger partial charge >= 0.3 is 5.97 Å². The lowest BCUT2D eigenvalue weighted by Crippen LogP contribution is -2.08. The number of hydrogen-bond acceptors (Lipinski definition) is 3. The van der Waals surface area contributed by atoms with E-state index in [1.54, 1.807) is 19.1 Å². The van der Waals surface area contributed by atoms with Gasteiger partial charge in [0, 0.05) is 9.80 Å². The minimum atomic E-state index is -0.288. The molecule has 0 aliphatic heterocycles. The Morgan fingerprint density at radius 3 is 2.65 bits per heavy atom. The first kappa shape index (κ1) is 14.2. The zero-order valence-electron chi connectivity index (χ0n) is 9.30. The third-order valence-electron chi connectivity index (χ3n) is 2.14. The van der Waals surface area contributed by atoms with Crippen LogP contribution in [0.4, 0.5) is 0 Å². The van der Waals surface area contributed by atoms with Crippen LogP contribution in [0.3, 0.4) is 0 Å². The van der Waals surface area contributed by atoms with Crippen molar-refractivity contribution in [1.29, 1.82) is 5.26 Å². The van der Waals surface area contributed by atoms with Gasteiger partial charge in [-0.05, 0) is 30.2 Å². The maximum atomic E-state index is 11.4. The quantitative estimate of drug-likeness (QED) is 0.611. The summed E-state index contributed by atoms with van der Waals surface area (Å²) in [5, 5.41) is 9.54. The van der Waals surface area contributed by atoms with Crippen molar-refractivity contribution in [2.75, 3.05) is 6.61 Å². The Hall–Kier alpha value is -0.860. The van der Waals surface area contributed by atoms with Crippen molar-refractivity contribution in [3.05, 3.63) is 33.3 Å². The van der Waals surface area contributed by atoms with Gasteiger partial charge in [-0.25, -0.2) is 0 Å². The molecule has 90 valence electrons. The highest BCUT2D eigenvalue weighted by Crippen LogP contribution is 2.26. The van der Waals surface area contributed by atoms with E-state index < -0.39 is 0 Å². The van der Waals surface area contributed by atoms with E-state index in [2.05, 4.69) is 37.9 Å². The molecule has 0 saturated heterocycles. The molecule has 0 aliphatic rings. The summed E-state index contributed by atoms with van der Waals surface area (Å²) in [5.41, 5.74) is 2.27. The van der Waals surface area contributed by atoms with E-state index in [1.807, 2.05) is 0 Å². The monoisotopic (exact) mass is 359 g/mol. The van der Waals surface area contributed by atoms with E-state index in [4.69, 9.17) is 10.00 Å². The molecule has 0 heterocycles. The Kier molecular flexibility index (Phi) is 5.66. The standard InChI is InChI=1S/C12H11Br2NO2/c1-2-17-11(16)5-9-3-8(7-15)4-10(6-13)12(9)14/h3-4H,2,5-6H2,1H3. The molecular formula is C12H11Br2NO2. The second-order valence-electron chi connectivity index (χ2n) is 3.34. The molecule has 3 nitrogen and oxygen atoms in total. The van der Waals surface area contributed by atoms with Crippen molar-refractivity contribution in [2.45, 2.75) is 18.7 Å². The maximum absolute atomic E-state index is 11.4. The molecule has 1 aromatic carbocycles. The topological polar surface area (TPSA) is 50.1 Å². The summed E-state index contributed by atoms with van der Waals surface area (Å²) in [6, 6.07) is 5.57. The Balaban J connectivity index is 3.06. The van der Waals surface area contributed by atoms with E-state index >= 15 is 0 Å². The van der Waals surface area contributed by atoms with Crippen LogP contribution in [0.15, 0.2) is 16.6 Å². The molecule has 0 aromatic heterocycles. The van der Waals surface area contributed by atoms with Crippen molar-refractivity contribution >= 4 is 37.8 Å².